The molecule has 0 aliphatic carbocycles. The molecule has 12 nitrogen and oxygen atoms in total. The van der Waals surface area contributed by atoms with Gasteiger partial charge in [-0.1, -0.05) is 27.7 Å². The van der Waals surface area contributed by atoms with Gasteiger partial charge in [-0.25, -0.2) is 9.59 Å². The number of carboxylic acids is 2. The van der Waals surface area contributed by atoms with Crippen LogP contribution < -0.4 is 19.7 Å². The van der Waals surface area contributed by atoms with Crippen molar-refractivity contribution in [2.45, 2.75) is 65.1 Å². The van der Waals surface area contributed by atoms with Gasteiger partial charge < -0.3 is 34.8 Å². The van der Waals surface area contributed by atoms with E-state index in [4.69, 9.17) is 24.8 Å². The SMILES string of the molecule is CCCOc1cc2c(cc1C(=O)NC)C(=N)N(CC(=O)c1cc(N3CCCC3)c(OCC(=O)O)c(C(C)(C)C)c1)C2.O=C(O)C(F)(F)F. The summed E-state index contributed by atoms with van der Waals surface area (Å²) in [5.41, 5.74) is 3.35. The molecule has 2 aliphatic heterocycles. The highest BCUT2D eigenvalue weighted by Gasteiger charge is 2.38. The summed E-state index contributed by atoms with van der Waals surface area (Å²) in [6, 6.07) is 7.07. The quantitative estimate of drug-likeness (QED) is 0.241. The Morgan fingerprint density at radius 3 is 2.15 bits per heavy atom. The standard InChI is InChI=1S/C31H40N4O6.C2HF3O2/c1-6-11-40-26-14-20-16-35(29(32)21(20)15-22(26)30(39)33-5)17-25(36)19-12-23(31(2,3)4)28(41-18-27(37)38)24(13-19)34-9-7-8-10-34;3-2(4,5)1(6)7/h12-15,32H,6-11,16-18H2,1-5H3,(H,33,39)(H,37,38);(H,6,7). The number of Topliss-reactive ketones (excluding diaryl/α,β-unsaturated/α-hetero) is 1. The molecule has 262 valence electrons. The highest BCUT2D eigenvalue weighted by Crippen LogP contribution is 2.42. The number of anilines is 1. The lowest BCUT2D eigenvalue weighted by molar-refractivity contribution is -0.192. The summed E-state index contributed by atoms with van der Waals surface area (Å²) < 4.78 is 43.4. The topological polar surface area (TPSA) is 170 Å². The Kier molecular flexibility index (Phi) is 12.1. The molecule has 2 aromatic rings. The van der Waals surface area contributed by atoms with E-state index >= 15 is 0 Å². The number of fused-ring (bicyclic) bond motifs is 1. The average molecular weight is 679 g/mol. The van der Waals surface area contributed by atoms with Crippen LogP contribution in [0, 0.1) is 5.41 Å². The van der Waals surface area contributed by atoms with Crippen molar-refractivity contribution in [1.82, 2.24) is 10.2 Å². The van der Waals surface area contributed by atoms with Gasteiger partial charge in [0.25, 0.3) is 5.91 Å². The van der Waals surface area contributed by atoms with Crippen LogP contribution in [0.4, 0.5) is 18.9 Å². The first kappa shape index (κ1) is 37.6. The third kappa shape index (κ3) is 9.16. The van der Waals surface area contributed by atoms with Gasteiger partial charge in [0.1, 0.15) is 17.3 Å². The van der Waals surface area contributed by atoms with E-state index in [2.05, 4.69) is 10.2 Å². The van der Waals surface area contributed by atoms with Gasteiger partial charge in [0.15, 0.2) is 12.4 Å². The van der Waals surface area contributed by atoms with Gasteiger partial charge >= 0.3 is 18.1 Å². The molecule has 2 aliphatic rings. The summed E-state index contributed by atoms with van der Waals surface area (Å²) in [7, 11) is 1.55. The van der Waals surface area contributed by atoms with Crippen LogP contribution in [0.15, 0.2) is 24.3 Å². The molecule has 1 saturated heterocycles. The molecule has 0 unspecified atom stereocenters. The highest BCUT2D eigenvalue weighted by atomic mass is 19.4. The fourth-order valence-corrected chi connectivity index (χ4v) is 5.28. The Balaban J connectivity index is 0.000000804. The van der Waals surface area contributed by atoms with Gasteiger partial charge in [-0.3, -0.25) is 15.0 Å². The fraction of sp³-hybridized carbons (Fsp3) is 0.485. The van der Waals surface area contributed by atoms with Crippen LogP contribution in [0.2, 0.25) is 0 Å². The number of nitrogens with zero attached hydrogens (tertiary/aromatic N) is 2. The summed E-state index contributed by atoms with van der Waals surface area (Å²) in [4.78, 5) is 50.4. The van der Waals surface area contributed by atoms with E-state index in [1.807, 2.05) is 27.7 Å². The normalized spacial score (nSPS) is 14.2. The van der Waals surface area contributed by atoms with E-state index in [9.17, 15) is 32.7 Å². The van der Waals surface area contributed by atoms with Crippen LogP contribution in [0.3, 0.4) is 0 Å². The number of aliphatic carboxylic acids is 2. The van der Waals surface area contributed by atoms with Crippen molar-refractivity contribution in [2.75, 3.05) is 44.8 Å². The number of rotatable bonds is 11. The maximum Gasteiger partial charge on any atom is 0.490 e. The molecule has 2 aromatic carbocycles. The third-order valence-corrected chi connectivity index (χ3v) is 7.63. The van der Waals surface area contributed by atoms with Crippen molar-refractivity contribution in [3.05, 3.63) is 52.1 Å². The molecular weight excluding hydrogens is 637 g/mol. The molecule has 0 bridgehead atoms. The molecule has 2 heterocycles. The Labute approximate surface area is 276 Å². The number of alkyl halides is 3. The molecular formula is C33H41F3N4O8. The van der Waals surface area contributed by atoms with Crippen LogP contribution in [0.5, 0.6) is 11.5 Å². The van der Waals surface area contributed by atoms with Crippen LogP contribution in [-0.4, -0.2) is 90.6 Å². The van der Waals surface area contributed by atoms with Crippen LogP contribution in [-0.2, 0) is 21.5 Å². The molecule has 1 amide bonds. The van der Waals surface area contributed by atoms with E-state index < -0.39 is 30.1 Å². The lowest BCUT2D eigenvalue weighted by atomic mass is 9.84. The van der Waals surface area contributed by atoms with Crippen molar-refractivity contribution >= 4 is 35.2 Å². The zero-order chi connectivity index (χ0) is 36.0. The number of benzene rings is 2. The predicted molar refractivity (Wildman–Crippen MR) is 171 cm³/mol. The number of amidine groups is 1. The van der Waals surface area contributed by atoms with E-state index in [1.54, 1.807) is 36.2 Å². The summed E-state index contributed by atoms with van der Waals surface area (Å²) in [5.74, 6) is -3.13. The first-order chi connectivity index (χ1) is 22.4. The molecule has 0 radical (unpaired) electrons. The van der Waals surface area contributed by atoms with Crippen molar-refractivity contribution < 1.29 is 52.0 Å². The van der Waals surface area contributed by atoms with Crippen LogP contribution >= 0.6 is 0 Å². The van der Waals surface area contributed by atoms with Crippen LogP contribution in [0.1, 0.15) is 84.4 Å². The second kappa shape index (κ2) is 15.4. The lowest BCUT2D eigenvalue weighted by Gasteiger charge is -2.29. The van der Waals surface area contributed by atoms with Gasteiger partial charge in [-0.05, 0) is 54.5 Å². The number of carbonyl (C=O) groups excluding carboxylic acids is 2. The van der Waals surface area contributed by atoms with E-state index in [0.717, 1.165) is 49.2 Å². The van der Waals surface area contributed by atoms with Gasteiger partial charge in [-0.15, -0.1) is 0 Å². The van der Waals surface area contributed by atoms with Gasteiger partial charge in [0, 0.05) is 43.4 Å². The second-order valence-electron chi connectivity index (χ2n) is 12.4. The number of carboxylic acid groups (broad SMARTS) is 2. The predicted octanol–water partition coefficient (Wildman–Crippen LogP) is 4.85. The number of hydrogen-bond acceptors (Lipinski definition) is 8. The molecule has 0 atom stereocenters. The summed E-state index contributed by atoms with van der Waals surface area (Å²) in [6.07, 6.45) is -2.28. The van der Waals surface area contributed by atoms with Gasteiger partial charge in [-0.2, -0.15) is 13.2 Å². The smallest absolute Gasteiger partial charge is 0.490 e. The Morgan fingerprint density at radius 2 is 1.62 bits per heavy atom. The van der Waals surface area contributed by atoms with Crippen molar-refractivity contribution in [3.8, 4) is 11.5 Å². The largest absolute Gasteiger partial charge is 0.493 e. The minimum Gasteiger partial charge on any atom is -0.493 e. The first-order valence-corrected chi connectivity index (χ1v) is 15.4. The lowest BCUT2D eigenvalue weighted by Crippen LogP contribution is -2.31. The number of carbonyl (C=O) groups is 4. The van der Waals surface area contributed by atoms with E-state index in [-0.39, 0.29) is 24.1 Å². The molecule has 1 fully saturated rings. The van der Waals surface area contributed by atoms with E-state index in [1.165, 1.54) is 0 Å². The Morgan fingerprint density at radius 1 is 1.00 bits per heavy atom. The number of hydrogen-bond donors (Lipinski definition) is 4. The fourth-order valence-electron chi connectivity index (χ4n) is 5.28. The third-order valence-electron chi connectivity index (χ3n) is 7.63. The number of nitrogens with one attached hydrogen (secondary N) is 2. The van der Waals surface area contributed by atoms with E-state index in [0.29, 0.717) is 41.3 Å². The number of amides is 1. The maximum atomic E-state index is 13.8. The zero-order valence-corrected chi connectivity index (χ0v) is 27.5. The number of ether oxygens (including phenoxy) is 2. The zero-order valence-electron chi connectivity index (χ0n) is 27.5. The van der Waals surface area contributed by atoms with Crippen molar-refractivity contribution in [2.24, 2.45) is 0 Å². The molecule has 0 saturated carbocycles. The molecule has 0 aromatic heterocycles. The second-order valence-corrected chi connectivity index (χ2v) is 12.4. The molecule has 0 spiro atoms. The molecule has 15 heteroatoms. The summed E-state index contributed by atoms with van der Waals surface area (Å²) >= 11 is 0. The van der Waals surface area contributed by atoms with Crippen molar-refractivity contribution in [3.63, 3.8) is 0 Å². The number of ketones is 1. The minimum absolute atomic E-state index is 0.0215. The molecule has 4 N–H and O–H groups in total. The number of halogens is 3. The summed E-state index contributed by atoms with van der Waals surface area (Å²) in [6.45, 7) is 9.92. The minimum atomic E-state index is -5.08. The van der Waals surface area contributed by atoms with Gasteiger partial charge in [0.05, 0.1) is 24.4 Å². The first-order valence-electron chi connectivity index (χ1n) is 15.4. The molecule has 4 rings (SSSR count). The molecule has 48 heavy (non-hydrogen) atoms. The monoisotopic (exact) mass is 678 g/mol. The highest BCUT2D eigenvalue weighted by molar-refractivity contribution is 6.08. The van der Waals surface area contributed by atoms with Crippen molar-refractivity contribution in [1.29, 1.82) is 5.41 Å². The average Bonchev–Trinajstić information content (AvgIpc) is 3.65. The van der Waals surface area contributed by atoms with Gasteiger partial charge in [0.2, 0.25) is 0 Å². The summed E-state index contributed by atoms with van der Waals surface area (Å²) in [5, 5.41) is 27.9. The Hall–Kier alpha value is -4.82. The Bertz CT molecular complexity index is 1560. The van der Waals surface area contributed by atoms with Crippen LogP contribution in [0.25, 0.3) is 0 Å². The maximum absolute atomic E-state index is 13.8.